The molecule has 1 atom stereocenters. The van der Waals surface area contributed by atoms with Crippen LogP contribution in [0, 0.1) is 0 Å². The second-order valence-corrected chi connectivity index (χ2v) is 8.36. The summed E-state index contributed by atoms with van der Waals surface area (Å²) in [5, 5.41) is 11.0. The van der Waals surface area contributed by atoms with Gasteiger partial charge in [-0.05, 0) is 48.9 Å². The minimum absolute atomic E-state index is 0.274. The molecule has 0 saturated heterocycles. The molecule has 0 fully saturated rings. The Bertz CT molecular complexity index is 1430. The van der Waals surface area contributed by atoms with Crippen molar-refractivity contribution < 1.29 is 19.0 Å². The lowest BCUT2D eigenvalue weighted by molar-refractivity contribution is 0.102. The molecule has 8 nitrogen and oxygen atoms in total. The van der Waals surface area contributed by atoms with Crippen molar-refractivity contribution in [2.24, 2.45) is 0 Å². The van der Waals surface area contributed by atoms with Gasteiger partial charge < -0.3 is 24.8 Å². The number of amides is 1. The molecule has 2 heterocycles. The van der Waals surface area contributed by atoms with Gasteiger partial charge in [-0.2, -0.15) is 5.10 Å². The fourth-order valence-corrected chi connectivity index (χ4v) is 4.41. The van der Waals surface area contributed by atoms with Crippen molar-refractivity contribution in [1.82, 2.24) is 9.78 Å². The Labute approximate surface area is 215 Å². The first-order chi connectivity index (χ1) is 18.1. The predicted molar refractivity (Wildman–Crippen MR) is 144 cm³/mol. The van der Waals surface area contributed by atoms with E-state index in [0.29, 0.717) is 35.2 Å². The van der Waals surface area contributed by atoms with Gasteiger partial charge in [-0.1, -0.05) is 42.5 Å². The summed E-state index contributed by atoms with van der Waals surface area (Å²) in [6.45, 7) is 2.51. The Hall–Kier alpha value is -4.72. The lowest BCUT2D eigenvalue weighted by atomic mass is 9.99. The van der Waals surface area contributed by atoms with Crippen LogP contribution in [0.3, 0.4) is 0 Å². The van der Waals surface area contributed by atoms with Crippen molar-refractivity contribution in [3.8, 4) is 17.2 Å². The van der Waals surface area contributed by atoms with Crippen molar-refractivity contribution in [1.29, 1.82) is 0 Å². The number of nitrogens with zero attached hydrogens (tertiary/aromatic N) is 2. The largest absolute Gasteiger partial charge is 0.494 e. The Morgan fingerprint density at radius 2 is 1.78 bits per heavy atom. The van der Waals surface area contributed by atoms with Crippen molar-refractivity contribution in [3.63, 3.8) is 0 Å². The second-order valence-electron chi connectivity index (χ2n) is 8.36. The van der Waals surface area contributed by atoms with E-state index in [9.17, 15) is 4.79 Å². The van der Waals surface area contributed by atoms with Crippen LogP contribution in [0.25, 0.3) is 5.70 Å². The number of aromatic nitrogens is 2. The average molecular weight is 497 g/mol. The van der Waals surface area contributed by atoms with Crippen LogP contribution >= 0.6 is 0 Å². The first kappa shape index (κ1) is 24.0. The highest BCUT2D eigenvalue weighted by Crippen LogP contribution is 2.41. The Morgan fingerprint density at radius 1 is 1.00 bits per heavy atom. The molecule has 1 amide bonds. The zero-order valence-electron chi connectivity index (χ0n) is 20.9. The Kier molecular flexibility index (Phi) is 6.81. The summed E-state index contributed by atoms with van der Waals surface area (Å²) in [6, 6.07) is 22.6. The number of allylic oxidation sites excluding steroid dienone is 1. The minimum Gasteiger partial charge on any atom is -0.494 e. The van der Waals surface area contributed by atoms with Crippen LogP contribution in [-0.4, -0.2) is 36.5 Å². The van der Waals surface area contributed by atoms with Crippen LogP contribution < -0.4 is 24.8 Å². The predicted octanol–water partition coefficient (Wildman–Crippen LogP) is 5.61. The SMILES string of the molecule is CCOc1ccc(NC(=O)c2cnn3c2NC(c2ccccc2)=C[C@H]3c2cccc(OC)c2OC)cc1. The van der Waals surface area contributed by atoms with Crippen LogP contribution in [0.4, 0.5) is 11.5 Å². The van der Waals surface area contributed by atoms with E-state index in [4.69, 9.17) is 14.2 Å². The molecule has 0 unspecified atom stereocenters. The molecular weight excluding hydrogens is 468 g/mol. The van der Waals surface area contributed by atoms with Crippen LogP contribution in [0.2, 0.25) is 0 Å². The number of rotatable bonds is 8. The van der Waals surface area contributed by atoms with E-state index in [0.717, 1.165) is 22.6 Å². The number of hydrogen-bond acceptors (Lipinski definition) is 6. The first-order valence-electron chi connectivity index (χ1n) is 12.0. The number of hydrogen-bond donors (Lipinski definition) is 2. The summed E-state index contributed by atoms with van der Waals surface area (Å²) in [6.07, 6.45) is 3.65. The molecule has 0 radical (unpaired) electrons. The van der Waals surface area contributed by atoms with Crippen molar-refractivity contribution in [2.45, 2.75) is 13.0 Å². The molecule has 1 aliphatic rings. The monoisotopic (exact) mass is 496 g/mol. The number of para-hydroxylation sites is 1. The van der Waals surface area contributed by atoms with Gasteiger partial charge >= 0.3 is 0 Å². The third-order valence-corrected chi connectivity index (χ3v) is 6.14. The molecule has 4 aromatic rings. The molecule has 37 heavy (non-hydrogen) atoms. The minimum atomic E-state index is -0.344. The van der Waals surface area contributed by atoms with E-state index in [1.807, 2.05) is 79.7 Å². The smallest absolute Gasteiger partial charge is 0.261 e. The molecule has 1 aliphatic heterocycles. The van der Waals surface area contributed by atoms with E-state index in [1.165, 1.54) is 0 Å². The van der Waals surface area contributed by atoms with Crippen LogP contribution in [0.5, 0.6) is 17.2 Å². The van der Waals surface area contributed by atoms with Gasteiger partial charge in [-0.3, -0.25) is 4.79 Å². The van der Waals surface area contributed by atoms with Crippen LogP contribution in [0.1, 0.15) is 34.5 Å². The fraction of sp³-hybridized carbons (Fsp3) is 0.172. The maximum Gasteiger partial charge on any atom is 0.261 e. The molecule has 3 aromatic carbocycles. The van der Waals surface area contributed by atoms with Gasteiger partial charge in [0.05, 0.1) is 27.0 Å². The number of benzene rings is 3. The molecular formula is C29H28N4O4. The van der Waals surface area contributed by atoms with Crippen LogP contribution in [-0.2, 0) is 0 Å². The molecule has 8 heteroatoms. The van der Waals surface area contributed by atoms with E-state index < -0.39 is 0 Å². The molecule has 0 bridgehead atoms. The van der Waals surface area contributed by atoms with Gasteiger partial charge in [0.15, 0.2) is 11.5 Å². The third-order valence-electron chi connectivity index (χ3n) is 6.14. The zero-order valence-corrected chi connectivity index (χ0v) is 20.9. The standard InChI is InChI=1S/C29H28N4O4/c1-4-37-21-15-13-20(14-16-21)31-29(34)23-18-30-33-25(22-11-8-12-26(35-2)27(22)36-3)17-24(32-28(23)33)19-9-6-5-7-10-19/h5-18,25,32H,4H2,1-3H3,(H,31,34)/t25-/m0/s1. The molecule has 1 aromatic heterocycles. The average Bonchev–Trinajstić information content (AvgIpc) is 3.38. The van der Waals surface area contributed by atoms with Crippen molar-refractivity contribution in [2.75, 3.05) is 31.5 Å². The number of fused-ring (bicyclic) bond motifs is 1. The molecule has 5 rings (SSSR count). The maximum atomic E-state index is 13.4. The third kappa shape index (κ3) is 4.73. The van der Waals surface area contributed by atoms with Crippen molar-refractivity contribution in [3.05, 3.63) is 102 Å². The van der Waals surface area contributed by atoms with Crippen molar-refractivity contribution >= 4 is 23.1 Å². The number of ether oxygens (including phenoxy) is 3. The van der Waals surface area contributed by atoms with Gasteiger partial charge in [-0.15, -0.1) is 0 Å². The molecule has 0 saturated carbocycles. The lowest BCUT2D eigenvalue weighted by Crippen LogP contribution is -2.22. The summed E-state index contributed by atoms with van der Waals surface area (Å²) >= 11 is 0. The highest BCUT2D eigenvalue weighted by molar-refractivity contribution is 6.08. The molecule has 2 N–H and O–H groups in total. The molecule has 0 spiro atoms. The lowest BCUT2D eigenvalue weighted by Gasteiger charge is -2.27. The van der Waals surface area contributed by atoms with Gasteiger partial charge in [-0.25, -0.2) is 4.68 Å². The number of nitrogens with one attached hydrogen (secondary N) is 2. The Balaban J connectivity index is 1.55. The summed E-state index contributed by atoms with van der Waals surface area (Å²) in [4.78, 5) is 13.4. The molecule has 188 valence electrons. The number of methoxy groups -OCH3 is 2. The number of carbonyl (C=O) groups is 1. The van der Waals surface area contributed by atoms with Gasteiger partial charge in [0.2, 0.25) is 0 Å². The first-order valence-corrected chi connectivity index (χ1v) is 12.0. The van der Waals surface area contributed by atoms with Crippen LogP contribution in [0.15, 0.2) is 85.1 Å². The van der Waals surface area contributed by atoms with Gasteiger partial charge in [0, 0.05) is 16.9 Å². The zero-order chi connectivity index (χ0) is 25.8. The summed E-state index contributed by atoms with van der Waals surface area (Å²) in [5.41, 5.74) is 3.79. The van der Waals surface area contributed by atoms with E-state index in [2.05, 4.69) is 21.8 Å². The quantitative estimate of drug-likeness (QED) is 0.330. The topological polar surface area (TPSA) is 86.6 Å². The normalized spacial score (nSPS) is 14.1. The summed E-state index contributed by atoms with van der Waals surface area (Å²) in [7, 11) is 3.22. The number of carbonyl (C=O) groups excluding carboxylic acids is 1. The molecule has 0 aliphatic carbocycles. The maximum absolute atomic E-state index is 13.4. The fourth-order valence-electron chi connectivity index (χ4n) is 4.41. The van der Waals surface area contributed by atoms with E-state index >= 15 is 0 Å². The highest BCUT2D eigenvalue weighted by Gasteiger charge is 2.30. The highest BCUT2D eigenvalue weighted by atomic mass is 16.5. The van der Waals surface area contributed by atoms with Gasteiger partial charge in [0.1, 0.15) is 23.2 Å². The summed E-state index contributed by atoms with van der Waals surface area (Å²) < 4.78 is 18.6. The van der Waals surface area contributed by atoms with E-state index in [1.54, 1.807) is 25.1 Å². The number of anilines is 2. The Morgan fingerprint density at radius 3 is 2.49 bits per heavy atom. The summed E-state index contributed by atoms with van der Waals surface area (Å²) in [5.74, 6) is 2.29. The second kappa shape index (κ2) is 10.5. The van der Waals surface area contributed by atoms with E-state index in [-0.39, 0.29) is 11.9 Å². The van der Waals surface area contributed by atoms with Gasteiger partial charge in [0.25, 0.3) is 5.91 Å².